The molecular formula is C16H20BrClN2O6S. The third-order valence-corrected chi connectivity index (χ3v) is 4.81. The fraction of sp³-hybridized carbons (Fsp3) is 0.188. The Morgan fingerprint density at radius 3 is 2.22 bits per heavy atom. The molecule has 11 heteroatoms. The monoisotopic (exact) mass is 482 g/mol. The molecule has 0 aromatic heterocycles. The molecule has 27 heavy (non-hydrogen) atoms. The van der Waals surface area contributed by atoms with E-state index in [2.05, 4.69) is 26.0 Å². The third-order valence-electron chi connectivity index (χ3n) is 2.89. The van der Waals surface area contributed by atoms with E-state index in [-0.39, 0.29) is 23.9 Å². The average molecular weight is 484 g/mol. The molecule has 0 saturated heterocycles. The largest absolute Gasteiger partial charge is 0.505 e. The minimum absolute atomic E-state index is 0. The Hall–Kier alpha value is -2.01. The number of rotatable bonds is 6. The number of sulfonamides is 1. The van der Waals surface area contributed by atoms with Crippen LogP contribution in [0.4, 0.5) is 10.5 Å². The van der Waals surface area contributed by atoms with E-state index in [1.807, 2.05) is 24.3 Å². The Bertz CT molecular complexity index is 818. The Labute approximate surface area is 172 Å². The number of primary sulfonamides is 1. The van der Waals surface area contributed by atoms with Gasteiger partial charge < -0.3 is 19.9 Å². The van der Waals surface area contributed by atoms with Crippen LogP contribution >= 0.6 is 28.3 Å². The number of nitrogens with one attached hydrogen (secondary N) is 1. The Morgan fingerprint density at radius 1 is 1.19 bits per heavy atom. The molecule has 0 amide bonds. The summed E-state index contributed by atoms with van der Waals surface area (Å²) in [7, 11) is -1.98. The summed E-state index contributed by atoms with van der Waals surface area (Å²) in [5, 5.41) is 16.1. The number of hydrogen-bond donors (Lipinski definition) is 3. The van der Waals surface area contributed by atoms with Gasteiger partial charge in [0.1, 0.15) is 12.4 Å². The molecule has 0 bridgehead atoms. The van der Waals surface area contributed by atoms with E-state index in [9.17, 15) is 13.2 Å². The molecule has 0 fully saturated rings. The van der Waals surface area contributed by atoms with Crippen LogP contribution in [0.15, 0.2) is 57.9 Å². The van der Waals surface area contributed by atoms with Crippen LogP contribution in [0.2, 0.25) is 0 Å². The highest BCUT2D eigenvalue weighted by Gasteiger charge is 2.09. The molecule has 0 aliphatic heterocycles. The molecule has 0 heterocycles. The Morgan fingerprint density at radius 2 is 1.78 bits per heavy atom. The SMILES string of the molecule is COc1ccc(NCCOC(=O)O)cc1.Cl.NS(=O)(=O)c1ccccc1Br. The lowest BCUT2D eigenvalue weighted by molar-refractivity contribution is 0.0953. The number of carboxylic acid groups (broad SMARTS) is 1. The van der Waals surface area contributed by atoms with Crippen LogP contribution in [0.25, 0.3) is 0 Å². The standard InChI is InChI=1S/C10H13NO4.C6H6BrNO2S.ClH/c1-14-9-4-2-8(3-5-9)11-6-7-15-10(12)13;7-5-3-1-2-4-6(5)11(8,9)10;/h2-5,11H,6-7H2,1H3,(H,12,13);1-4H,(H2,8,9,10);1H. The van der Waals surface area contributed by atoms with Gasteiger partial charge in [-0.3, -0.25) is 0 Å². The Kier molecular flexibility index (Phi) is 11.5. The second-order valence-electron chi connectivity index (χ2n) is 4.75. The minimum Gasteiger partial charge on any atom is -0.497 e. The van der Waals surface area contributed by atoms with Gasteiger partial charge in [0.25, 0.3) is 0 Å². The number of halogens is 2. The van der Waals surface area contributed by atoms with Crippen LogP contribution in [0.5, 0.6) is 5.75 Å². The predicted molar refractivity (Wildman–Crippen MR) is 108 cm³/mol. The van der Waals surface area contributed by atoms with Gasteiger partial charge in [0.05, 0.1) is 12.0 Å². The first kappa shape index (κ1) is 25.0. The zero-order valence-electron chi connectivity index (χ0n) is 14.3. The number of methoxy groups -OCH3 is 1. The van der Waals surface area contributed by atoms with Crippen molar-refractivity contribution in [1.29, 1.82) is 0 Å². The molecule has 150 valence electrons. The number of nitrogens with two attached hydrogens (primary N) is 1. The number of carbonyl (C=O) groups is 1. The average Bonchev–Trinajstić information content (AvgIpc) is 2.59. The highest BCUT2D eigenvalue weighted by Crippen LogP contribution is 2.19. The van der Waals surface area contributed by atoms with Crippen molar-refractivity contribution in [3.8, 4) is 5.75 Å². The second kappa shape index (κ2) is 12.4. The van der Waals surface area contributed by atoms with Crippen molar-refractivity contribution in [3.05, 3.63) is 53.0 Å². The van der Waals surface area contributed by atoms with Gasteiger partial charge in [0, 0.05) is 16.7 Å². The maximum atomic E-state index is 10.8. The number of benzene rings is 2. The lowest BCUT2D eigenvalue weighted by Gasteiger charge is -2.06. The van der Waals surface area contributed by atoms with Crippen molar-refractivity contribution in [2.24, 2.45) is 5.14 Å². The molecule has 2 aromatic rings. The molecule has 0 spiro atoms. The molecule has 0 aliphatic carbocycles. The van der Waals surface area contributed by atoms with E-state index in [4.69, 9.17) is 15.0 Å². The van der Waals surface area contributed by atoms with Gasteiger partial charge in [0.2, 0.25) is 10.0 Å². The van der Waals surface area contributed by atoms with Gasteiger partial charge in [-0.05, 0) is 52.3 Å². The fourth-order valence-corrected chi connectivity index (χ4v) is 3.29. The van der Waals surface area contributed by atoms with Crippen molar-refractivity contribution in [1.82, 2.24) is 0 Å². The summed E-state index contributed by atoms with van der Waals surface area (Å²) in [5.41, 5.74) is 0.893. The van der Waals surface area contributed by atoms with Gasteiger partial charge in [-0.1, -0.05) is 12.1 Å². The van der Waals surface area contributed by atoms with Crippen molar-refractivity contribution in [3.63, 3.8) is 0 Å². The van der Waals surface area contributed by atoms with Gasteiger partial charge in [0.15, 0.2) is 0 Å². The Balaban J connectivity index is 0.000000504. The van der Waals surface area contributed by atoms with Crippen LogP contribution in [0.1, 0.15) is 0 Å². The molecule has 0 aliphatic rings. The normalized spacial score (nSPS) is 9.89. The summed E-state index contributed by atoms with van der Waals surface area (Å²) in [5.74, 6) is 0.780. The summed E-state index contributed by atoms with van der Waals surface area (Å²) >= 11 is 3.07. The molecular weight excluding hydrogens is 464 g/mol. The number of anilines is 1. The first-order valence-corrected chi connectivity index (χ1v) is 9.59. The molecule has 4 N–H and O–H groups in total. The summed E-state index contributed by atoms with van der Waals surface area (Å²) in [6.07, 6.45) is -1.26. The van der Waals surface area contributed by atoms with E-state index in [0.717, 1.165) is 11.4 Å². The van der Waals surface area contributed by atoms with Crippen LogP contribution in [-0.2, 0) is 14.8 Å². The van der Waals surface area contributed by atoms with Gasteiger partial charge in [-0.25, -0.2) is 18.4 Å². The quantitative estimate of drug-likeness (QED) is 0.425. The lowest BCUT2D eigenvalue weighted by Crippen LogP contribution is -2.12. The topological polar surface area (TPSA) is 128 Å². The minimum atomic E-state index is -3.58. The number of hydrogen-bond acceptors (Lipinski definition) is 6. The first-order chi connectivity index (χ1) is 12.2. The molecule has 0 radical (unpaired) electrons. The van der Waals surface area contributed by atoms with E-state index in [1.54, 1.807) is 25.3 Å². The maximum absolute atomic E-state index is 10.8. The smallest absolute Gasteiger partial charge is 0.497 e. The third kappa shape index (κ3) is 10.0. The number of ether oxygens (including phenoxy) is 2. The van der Waals surface area contributed by atoms with Gasteiger partial charge in [-0.2, -0.15) is 0 Å². The van der Waals surface area contributed by atoms with Gasteiger partial charge >= 0.3 is 6.16 Å². The van der Waals surface area contributed by atoms with Crippen LogP contribution in [0.3, 0.4) is 0 Å². The van der Waals surface area contributed by atoms with Crippen molar-refractivity contribution >= 4 is 50.2 Å². The summed E-state index contributed by atoms with van der Waals surface area (Å²) < 4.78 is 31.4. The molecule has 0 saturated carbocycles. The van der Waals surface area contributed by atoms with Crippen molar-refractivity contribution in [2.75, 3.05) is 25.6 Å². The second-order valence-corrected chi connectivity index (χ2v) is 7.13. The molecule has 2 aromatic carbocycles. The van der Waals surface area contributed by atoms with E-state index >= 15 is 0 Å². The highest BCUT2D eigenvalue weighted by atomic mass is 79.9. The highest BCUT2D eigenvalue weighted by molar-refractivity contribution is 9.10. The van der Waals surface area contributed by atoms with Gasteiger partial charge in [-0.15, -0.1) is 12.4 Å². The van der Waals surface area contributed by atoms with Crippen molar-refractivity contribution in [2.45, 2.75) is 4.90 Å². The van der Waals surface area contributed by atoms with Crippen LogP contribution < -0.4 is 15.2 Å². The molecule has 8 nitrogen and oxygen atoms in total. The molecule has 2 rings (SSSR count). The molecule has 0 atom stereocenters. The first-order valence-electron chi connectivity index (χ1n) is 7.25. The maximum Gasteiger partial charge on any atom is 0.505 e. The van der Waals surface area contributed by atoms with E-state index < -0.39 is 16.2 Å². The summed E-state index contributed by atoms with van der Waals surface area (Å²) in [6.45, 7) is 0.569. The van der Waals surface area contributed by atoms with Crippen molar-refractivity contribution < 1.29 is 27.8 Å². The van der Waals surface area contributed by atoms with Crippen LogP contribution in [-0.4, -0.2) is 39.9 Å². The van der Waals surface area contributed by atoms with E-state index in [0.29, 0.717) is 11.0 Å². The fourth-order valence-electron chi connectivity index (χ4n) is 1.72. The summed E-state index contributed by atoms with van der Waals surface area (Å²) in [6, 6.07) is 13.7. The zero-order chi connectivity index (χ0) is 19.6. The molecule has 0 unspecified atom stereocenters. The van der Waals surface area contributed by atoms with E-state index in [1.165, 1.54) is 6.07 Å². The predicted octanol–water partition coefficient (Wildman–Crippen LogP) is 3.32. The zero-order valence-corrected chi connectivity index (χ0v) is 17.5. The lowest BCUT2D eigenvalue weighted by atomic mass is 10.3. The van der Waals surface area contributed by atoms with Crippen LogP contribution in [0, 0.1) is 0 Å². The summed E-state index contributed by atoms with van der Waals surface area (Å²) in [4.78, 5) is 10.1.